The van der Waals surface area contributed by atoms with Gasteiger partial charge >= 0.3 is 0 Å². The van der Waals surface area contributed by atoms with Gasteiger partial charge in [0, 0.05) is 12.0 Å². The Kier molecular flexibility index (Phi) is 4.71. The Bertz CT molecular complexity index is 424. The highest BCUT2D eigenvalue weighted by atomic mass is 16.3. The first-order valence-corrected chi connectivity index (χ1v) is 6.50. The van der Waals surface area contributed by atoms with Gasteiger partial charge in [-0.3, -0.25) is 4.79 Å². The van der Waals surface area contributed by atoms with E-state index in [1.54, 1.807) is 6.92 Å². The number of nitrogens with one attached hydrogen (secondary N) is 1. The van der Waals surface area contributed by atoms with E-state index in [-0.39, 0.29) is 17.9 Å². The molecular weight excluding hydrogens is 240 g/mol. The van der Waals surface area contributed by atoms with Crippen molar-refractivity contribution in [2.24, 2.45) is 5.73 Å². The van der Waals surface area contributed by atoms with Crippen molar-refractivity contribution in [1.29, 1.82) is 0 Å². The maximum Gasteiger partial charge on any atom is 0.245 e. The molecule has 4 nitrogen and oxygen atoms in total. The third-order valence-electron chi connectivity index (χ3n) is 2.80. The Morgan fingerprint density at radius 2 is 1.84 bits per heavy atom. The molecule has 19 heavy (non-hydrogen) atoms. The predicted molar refractivity (Wildman–Crippen MR) is 76.5 cm³/mol. The van der Waals surface area contributed by atoms with Gasteiger partial charge in [-0.25, -0.2) is 0 Å². The van der Waals surface area contributed by atoms with E-state index in [0.29, 0.717) is 5.56 Å². The van der Waals surface area contributed by atoms with Crippen molar-refractivity contribution in [1.82, 2.24) is 5.32 Å². The second-order valence-electron chi connectivity index (χ2n) is 6.09. The lowest BCUT2D eigenvalue weighted by Gasteiger charge is -2.33. The van der Waals surface area contributed by atoms with Crippen molar-refractivity contribution in [3.8, 4) is 0 Å². The average Bonchev–Trinajstić information content (AvgIpc) is 2.26. The molecule has 1 amide bonds. The summed E-state index contributed by atoms with van der Waals surface area (Å²) >= 11 is 0. The van der Waals surface area contributed by atoms with Crippen molar-refractivity contribution in [2.75, 3.05) is 0 Å². The minimum atomic E-state index is -1.22. The van der Waals surface area contributed by atoms with Crippen LogP contribution in [-0.2, 0) is 10.3 Å². The van der Waals surface area contributed by atoms with E-state index < -0.39 is 11.6 Å². The quantitative estimate of drug-likeness (QED) is 0.772. The third kappa shape index (κ3) is 4.33. The van der Waals surface area contributed by atoms with E-state index in [9.17, 15) is 9.90 Å². The van der Waals surface area contributed by atoms with Crippen LogP contribution in [-0.4, -0.2) is 22.7 Å². The van der Waals surface area contributed by atoms with Crippen molar-refractivity contribution in [3.63, 3.8) is 0 Å². The second kappa shape index (κ2) is 5.72. The largest absolute Gasteiger partial charge is 0.393 e. The molecular formula is C15H24N2O2. The fourth-order valence-corrected chi connectivity index (χ4v) is 2.00. The fraction of sp³-hybridized carbons (Fsp3) is 0.533. The maximum absolute atomic E-state index is 12.5. The molecule has 4 heteroatoms. The minimum absolute atomic E-state index is 0.179. The normalized spacial score (nSPS) is 16.5. The Labute approximate surface area is 115 Å². The summed E-state index contributed by atoms with van der Waals surface area (Å²) in [7, 11) is 0. The Morgan fingerprint density at radius 1 is 1.32 bits per heavy atom. The van der Waals surface area contributed by atoms with Crippen LogP contribution in [0.3, 0.4) is 0 Å². The lowest BCUT2D eigenvalue weighted by Crippen LogP contribution is -2.57. The zero-order valence-electron chi connectivity index (χ0n) is 12.1. The molecule has 106 valence electrons. The summed E-state index contributed by atoms with van der Waals surface area (Å²) in [6.07, 6.45) is -0.477. The van der Waals surface area contributed by atoms with E-state index in [1.165, 1.54) is 0 Å². The predicted octanol–water partition coefficient (Wildman–Crippen LogP) is 1.53. The average molecular weight is 264 g/mol. The standard InChI is InChI=1S/C15H24N2O2/c1-11(18)10-15(16,12-8-6-5-7-9-12)13(19)17-14(2,3)4/h5-9,11,18H,10,16H2,1-4H3,(H,17,19). The number of hydrogen-bond acceptors (Lipinski definition) is 3. The molecule has 2 atom stereocenters. The maximum atomic E-state index is 12.5. The summed E-state index contributed by atoms with van der Waals surface area (Å²) in [6.45, 7) is 7.34. The summed E-state index contributed by atoms with van der Waals surface area (Å²) in [6, 6.07) is 9.16. The molecule has 0 aliphatic rings. The monoisotopic (exact) mass is 264 g/mol. The Hall–Kier alpha value is -1.39. The first-order chi connectivity index (χ1) is 8.65. The topological polar surface area (TPSA) is 75.3 Å². The molecule has 0 aromatic heterocycles. The molecule has 0 fully saturated rings. The molecule has 0 aliphatic heterocycles. The van der Waals surface area contributed by atoms with Gasteiger partial charge < -0.3 is 16.2 Å². The smallest absolute Gasteiger partial charge is 0.245 e. The van der Waals surface area contributed by atoms with E-state index in [0.717, 1.165) is 0 Å². The van der Waals surface area contributed by atoms with Crippen molar-refractivity contribution >= 4 is 5.91 Å². The van der Waals surface area contributed by atoms with Crippen molar-refractivity contribution in [3.05, 3.63) is 35.9 Å². The highest BCUT2D eigenvalue weighted by Crippen LogP contribution is 2.25. The van der Waals surface area contributed by atoms with Crippen LogP contribution in [0, 0.1) is 0 Å². The van der Waals surface area contributed by atoms with Gasteiger partial charge in [0.05, 0.1) is 6.10 Å². The third-order valence-corrected chi connectivity index (χ3v) is 2.80. The fourth-order valence-electron chi connectivity index (χ4n) is 2.00. The molecule has 0 aliphatic carbocycles. The molecule has 2 unspecified atom stereocenters. The van der Waals surface area contributed by atoms with Crippen LogP contribution in [0.15, 0.2) is 30.3 Å². The number of carbonyl (C=O) groups excluding carboxylic acids is 1. The van der Waals surface area contributed by atoms with Gasteiger partial charge in [-0.1, -0.05) is 30.3 Å². The summed E-state index contributed by atoms with van der Waals surface area (Å²) in [5, 5.41) is 12.5. The number of nitrogens with two attached hydrogens (primary N) is 1. The van der Waals surface area contributed by atoms with Gasteiger partial charge in [0.1, 0.15) is 5.54 Å². The number of carbonyl (C=O) groups is 1. The first-order valence-electron chi connectivity index (χ1n) is 6.50. The number of aliphatic hydroxyl groups is 1. The zero-order chi connectivity index (χ0) is 14.7. The zero-order valence-corrected chi connectivity index (χ0v) is 12.1. The highest BCUT2D eigenvalue weighted by molar-refractivity contribution is 5.88. The Balaban J connectivity index is 3.10. The summed E-state index contributed by atoms with van der Waals surface area (Å²) in [4.78, 5) is 12.5. The molecule has 0 heterocycles. The SMILES string of the molecule is CC(O)CC(N)(C(=O)NC(C)(C)C)c1ccccc1. The molecule has 1 rings (SSSR count). The lowest BCUT2D eigenvalue weighted by molar-refractivity contribution is -0.129. The second-order valence-corrected chi connectivity index (χ2v) is 6.09. The molecule has 0 saturated carbocycles. The van der Waals surface area contributed by atoms with Crippen molar-refractivity contribution < 1.29 is 9.90 Å². The van der Waals surface area contributed by atoms with Crippen molar-refractivity contribution in [2.45, 2.75) is 51.3 Å². The number of benzene rings is 1. The molecule has 0 spiro atoms. The summed E-state index contributed by atoms with van der Waals surface area (Å²) in [5.41, 5.74) is 5.42. The van der Waals surface area contributed by atoms with Crippen LogP contribution < -0.4 is 11.1 Å². The van der Waals surface area contributed by atoms with Gasteiger partial charge in [-0.05, 0) is 33.3 Å². The molecule has 0 bridgehead atoms. The number of aliphatic hydroxyl groups excluding tert-OH is 1. The highest BCUT2D eigenvalue weighted by Gasteiger charge is 2.38. The number of hydrogen-bond donors (Lipinski definition) is 3. The number of rotatable bonds is 4. The van der Waals surface area contributed by atoms with Gasteiger partial charge in [0.2, 0.25) is 5.91 Å². The van der Waals surface area contributed by atoms with Crippen LogP contribution in [0.2, 0.25) is 0 Å². The first kappa shape index (κ1) is 15.7. The van der Waals surface area contributed by atoms with Gasteiger partial charge in [0.25, 0.3) is 0 Å². The minimum Gasteiger partial charge on any atom is -0.393 e. The summed E-state index contributed by atoms with van der Waals surface area (Å²) < 4.78 is 0. The van der Waals surface area contributed by atoms with E-state index in [4.69, 9.17) is 5.73 Å². The van der Waals surface area contributed by atoms with Gasteiger partial charge in [0.15, 0.2) is 0 Å². The van der Waals surface area contributed by atoms with E-state index in [1.807, 2.05) is 51.1 Å². The Morgan fingerprint density at radius 3 is 2.26 bits per heavy atom. The molecule has 0 saturated heterocycles. The van der Waals surface area contributed by atoms with E-state index in [2.05, 4.69) is 5.32 Å². The molecule has 4 N–H and O–H groups in total. The van der Waals surface area contributed by atoms with E-state index >= 15 is 0 Å². The molecule has 1 aromatic carbocycles. The molecule has 0 radical (unpaired) electrons. The lowest BCUT2D eigenvalue weighted by atomic mass is 9.84. The van der Waals surface area contributed by atoms with Crippen LogP contribution >= 0.6 is 0 Å². The number of amides is 1. The van der Waals surface area contributed by atoms with Crippen LogP contribution in [0.5, 0.6) is 0 Å². The molecule has 1 aromatic rings. The van der Waals surface area contributed by atoms with Crippen LogP contribution in [0.25, 0.3) is 0 Å². The summed E-state index contributed by atoms with van der Waals surface area (Å²) in [5.74, 6) is -0.271. The van der Waals surface area contributed by atoms with Crippen LogP contribution in [0.1, 0.15) is 39.7 Å². The van der Waals surface area contributed by atoms with Gasteiger partial charge in [-0.2, -0.15) is 0 Å². The van der Waals surface area contributed by atoms with Crippen LogP contribution in [0.4, 0.5) is 0 Å². The van der Waals surface area contributed by atoms with Gasteiger partial charge in [-0.15, -0.1) is 0 Å².